The monoisotopic (exact) mass is 652 g/mol. The average molecular weight is 653 g/mol. The van der Waals surface area contributed by atoms with E-state index in [-0.39, 0.29) is 30.9 Å². The van der Waals surface area contributed by atoms with Crippen molar-refractivity contribution in [1.82, 2.24) is 14.8 Å². The lowest BCUT2D eigenvalue weighted by Crippen LogP contribution is -2.42. The highest BCUT2D eigenvalue weighted by atomic mass is 16.5. The van der Waals surface area contributed by atoms with E-state index in [1.54, 1.807) is 41.2 Å². The number of carbonyl (C=O) groups is 4. The van der Waals surface area contributed by atoms with Crippen molar-refractivity contribution in [3.63, 3.8) is 0 Å². The number of carboxylic acid groups (broad SMARTS) is 1. The Balaban J connectivity index is 0.00000107. The van der Waals surface area contributed by atoms with E-state index < -0.39 is 18.1 Å². The van der Waals surface area contributed by atoms with Gasteiger partial charge in [-0.2, -0.15) is 0 Å². The fraction of sp³-hybridized carbons (Fsp3) is 0.306. The highest BCUT2D eigenvalue weighted by Crippen LogP contribution is 2.31. The number of carbonyl (C=O) groups excluding carboxylic acids is 3. The number of nitrogens with one attached hydrogen (secondary N) is 2. The number of aryl methyl sites for hydroxylation is 1. The van der Waals surface area contributed by atoms with Crippen LogP contribution in [-0.2, 0) is 20.9 Å². The number of ether oxygens (including phenoxy) is 1. The van der Waals surface area contributed by atoms with Gasteiger partial charge in [0, 0.05) is 68.0 Å². The Bertz CT molecular complexity index is 1870. The van der Waals surface area contributed by atoms with Crippen LogP contribution in [0, 0.1) is 6.92 Å². The average Bonchev–Trinajstić information content (AvgIpc) is 3.00. The number of likely N-dealkylation sites (N-methyl/N-ethyl adjacent to an activating group) is 1. The zero-order valence-electron chi connectivity index (χ0n) is 27.4. The van der Waals surface area contributed by atoms with Gasteiger partial charge < -0.3 is 30.7 Å². The number of aliphatic carboxylic acids is 1. The van der Waals surface area contributed by atoms with Crippen molar-refractivity contribution < 1.29 is 29.0 Å². The number of anilines is 3. The molecule has 3 aromatic carbocycles. The summed E-state index contributed by atoms with van der Waals surface area (Å²) in [5, 5.41) is 15.4. The molecule has 4 aromatic rings. The lowest BCUT2D eigenvalue weighted by Gasteiger charge is -2.32. The summed E-state index contributed by atoms with van der Waals surface area (Å²) in [7, 11) is 1.72. The molecule has 1 fully saturated rings. The van der Waals surface area contributed by atoms with Crippen LogP contribution >= 0.6 is 0 Å². The molecule has 2 atom stereocenters. The summed E-state index contributed by atoms with van der Waals surface area (Å²) >= 11 is 0. The molecular weight excluding hydrogens is 612 g/mol. The number of nitrogen functional groups attached to an aromatic ring is 1. The van der Waals surface area contributed by atoms with Crippen molar-refractivity contribution >= 4 is 51.8 Å². The molecule has 250 valence electrons. The molecule has 0 saturated carbocycles. The van der Waals surface area contributed by atoms with Gasteiger partial charge in [0.1, 0.15) is 11.9 Å². The fourth-order valence-corrected chi connectivity index (χ4v) is 5.88. The molecule has 5 N–H and O–H groups in total. The van der Waals surface area contributed by atoms with Gasteiger partial charge in [0.25, 0.3) is 11.9 Å². The predicted octanol–water partition coefficient (Wildman–Crippen LogP) is 5.54. The third-order valence-electron chi connectivity index (χ3n) is 8.48. The Morgan fingerprint density at radius 2 is 1.81 bits per heavy atom. The first kappa shape index (κ1) is 33.7. The second-order valence-corrected chi connectivity index (χ2v) is 12.2. The number of likely N-dealkylation sites (tertiary alicyclic amines) is 1. The molecule has 7 rings (SSSR count). The van der Waals surface area contributed by atoms with Crippen molar-refractivity contribution in [2.45, 2.75) is 45.7 Å². The van der Waals surface area contributed by atoms with E-state index in [0.29, 0.717) is 35.7 Å². The number of rotatable bonds is 3. The lowest BCUT2D eigenvalue weighted by molar-refractivity contribution is -0.134. The lowest BCUT2D eigenvalue weighted by atomic mass is 9.92. The largest absolute Gasteiger partial charge is 0.481 e. The highest BCUT2D eigenvalue weighted by Gasteiger charge is 2.29. The molecule has 0 unspecified atom stereocenters. The maximum absolute atomic E-state index is 14.3. The smallest absolute Gasteiger partial charge is 0.411 e. The number of carboxylic acids is 1. The van der Waals surface area contributed by atoms with Crippen LogP contribution in [0.15, 0.2) is 66.9 Å². The van der Waals surface area contributed by atoms with Crippen LogP contribution in [-0.4, -0.2) is 70.5 Å². The van der Waals surface area contributed by atoms with Crippen LogP contribution in [0.5, 0.6) is 0 Å². The van der Waals surface area contributed by atoms with Crippen molar-refractivity contribution in [3.8, 4) is 0 Å². The van der Waals surface area contributed by atoms with Crippen LogP contribution < -0.4 is 16.4 Å². The number of fused-ring (bicyclic) bond motifs is 10. The summed E-state index contributed by atoms with van der Waals surface area (Å²) in [6.45, 7) is 6.82. The maximum Gasteiger partial charge on any atom is 0.411 e. The van der Waals surface area contributed by atoms with E-state index in [0.717, 1.165) is 46.5 Å². The first-order valence-corrected chi connectivity index (χ1v) is 15.7. The minimum absolute atomic E-state index is 0.0702. The quantitative estimate of drug-likeness (QED) is 0.222. The molecule has 48 heavy (non-hydrogen) atoms. The van der Waals surface area contributed by atoms with Crippen LogP contribution in [0.3, 0.4) is 0 Å². The second kappa shape index (κ2) is 14.4. The third kappa shape index (κ3) is 7.65. The number of amides is 3. The zero-order valence-corrected chi connectivity index (χ0v) is 27.4. The Kier molecular flexibility index (Phi) is 10.1. The number of pyridine rings is 1. The van der Waals surface area contributed by atoms with Crippen LogP contribution in [0.1, 0.15) is 64.8 Å². The van der Waals surface area contributed by atoms with Crippen molar-refractivity contribution in [1.29, 1.82) is 0 Å². The normalized spacial score (nSPS) is 17.8. The number of hydrogen-bond donors (Lipinski definition) is 4. The molecule has 0 spiro atoms. The van der Waals surface area contributed by atoms with E-state index in [1.807, 2.05) is 56.3 Å². The highest BCUT2D eigenvalue weighted by molar-refractivity contribution is 5.98. The van der Waals surface area contributed by atoms with Gasteiger partial charge in [-0.25, -0.2) is 9.78 Å². The van der Waals surface area contributed by atoms with E-state index in [9.17, 15) is 14.4 Å². The first-order valence-electron chi connectivity index (χ1n) is 15.7. The van der Waals surface area contributed by atoms with Crippen LogP contribution in [0.25, 0.3) is 10.8 Å². The molecule has 1 aromatic heterocycles. The molecule has 3 aliphatic heterocycles. The van der Waals surface area contributed by atoms with Crippen molar-refractivity contribution in [3.05, 3.63) is 94.7 Å². The number of hydrogen-bond acceptors (Lipinski definition) is 8. The molecule has 0 aliphatic carbocycles. The zero-order chi connectivity index (χ0) is 34.5. The van der Waals surface area contributed by atoms with Gasteiger partial charge in [-0.05, 0) is 83.4 Å². The molecule has 3 amide bonds. The molecular formula is C36H40N6O6. The maximum atomic E-state index is 14.3. The topological polar surface area (TPSA) is 167 Å². The third-order valence-corrected chi connectivity index (χ3v) is 8.48. The van der Waals surface area contributed by atoms with Crippen LogP contribution in [0.2, 0.25) is 0 Å². The Morgan fingerprint density at radius 3 is 2.50 bits per heavy atom. The second-order valence-electron chi connectivity index (χ2n) is 12.2. The minimum atomic E-state index is -0.833. The van der Waals surface area contributed by atoms with Crippen molar-refractivity contribution in [2.75, 3.05) is 43.1 Å². The van der Waals surface area contributed by atoms with Gasteiger partial charge in [-0.3, -0.25) is 19.7 Å². The van der Waals surface area contributed by atoms with E-state index in [4.69, 9.17) is 20.4 Å². The summed E-state index contributed by atoms with van der Waals surface area (Å²) in [6, 6.07) is 18.0. The summed E-state index contributed by atoms with van der Waals surface area (Å²) in [4.78, 5) is 56.9. The first-order chi connectivity index (χ1) is 22.9. The number of benzene rings is 3. The van der Waals surface area contributed by atoms with E-state index in [2.05, 4.69) is 15.6 Å². The molecule has 12 nitrogen and oxygen atoms in total. The SMILES string of the molecule is CC(=O)O.Cc1cc2ccc1[C@@H](C)COC(=O)Nc1ccc(C(=O)N3CCC3)c(c1)CN(C)C(=O)[C@@H]2Nc1ccc2c(N)nccc2c1. The molecule has 0 radical (unpaired) electrons. The van der Waals surface area contributed by atoms with E-state index >= 15 is 0 Å². The minimum Gasteiger partial charge on any atom is -0.481 e. The molecule has 4 heterocycles. The molecule has 4 bridgehead atoms. The Hall–Kier alpha value is -5.65. The predicted molar refractivity (Wildman–Crippen MR) is 184 cm³/mol. The standard InChI is InChI=1S/C34H36N6O4.C2H4O2/c1-20-15-23-5-8-27(20)21(2)19-44-34(43)38-26-7-10-29(32(41)40-13-4-14-40)24(17-26)18-39(3)33(42)30(23)37-25-6-9-28-22(16-25)11-12-36-31(28)35;1-2(3)4/h5-12,15-17,21,30,37H,4,13-14,18-19H2,1-3H3,(H2,35,36)(H,38,43);1H3,(H,3,4)/t21-,30+;/m0./s1. The Labute approximate surface area is 278 Å². The van der Waals surface area contributed by atoms with E-state index in [1.165, 1.54) is 0 Å². The Morgan fingerprint density at radius 1 is 1.06 bits per heavy atom. The number of aromatic nitrogens is 1. The van der Waals surface area contributed by atoms with Gasteiger partial charge in [-0.15, -0.1) is 0 Å². The van der Waals surface area contributed by atoms with Crippen LogP contribution in [0.4, 0.5) is 22.0 Å². The van der Waals surface area contributed by atoms with Crippen molar-refractivity contribution in [2.24, 2.45) is 0 Å². The van der Waals surface area contributed by atoms with Gasteiger partial charge in [-0.1, -0.05) is 25.1 Å². The van der Waals surface area contributed by atoms with Gasteiger partial charge in [0.05, 0.1) is 6.61 Å². The summed E-state index contributed by atoms with van der Waals surface area (Å²) in [5.74, 6) is -0.720. The fourth-order valence-electron chi connectivity index (χ4n) is 5.88. The van der Waals surface area contributed by atoms with Gasteiger partial charge >= 0.3 is 6.09 Å². The van der Waals surface area contributed by atoms with Gasteiger partial charge in [0.2, 0.25) is 5.91 Å². The number of nitrogens with two attached hydrogens (primary N) is 1. The summed E-state index contributed by atoms with van der Waals surface area (Å²) in [6.07, 6.45) is 2.05. The van der Waals surface area contributed by atoms with Gasteiger partial charge in [0.15, 0.2) is 0 Å². The molecule has 3 aliphatic rings. The molecule has 1 saturated heterocycles. The summed E-state index contributed by atoms with van der Waals surface area (Å²) in [5.41, 5.74) is 11.3. The summed E-state index contributed by atoms with van der Waals surface area (Å²) < 4.78 is 5.57. The number of nitrogens with zero attached hydrogens (tertiary/aromatic N) is 3. The molecule has 12 heteroatoms.